The lowest BCUT2D eigenvalue weighted by Crippen LogP contribution is -2.28. The van der Waals surface area contributed by atoms with Crippen LogP contribution in [-0.4, -0.2) is 34.2 Å². The Labute approximate surface area is 113 Å². The van der Waals surface area contributed by atoms with Crippen LogP contribution in [0.4, 0.5) is 0 Å². The Morgan fingerprint density at radius 3 is 2.37 bits per heavy atom. The van der Waals surface area contributed by atoms with Gasteiger partial charge in [-0.1, -0.05) is 27.7 Å². The molecule has 1 atom stereocenters. The highest BCUT2D eigenvalue weighted by Crippen LogP contribution is 2.35. The first-order chi connectivity index (χ1) is 8.64. The van der Waals surface area contributed by atoms with E-state index in [1.54, 1.807) is 13.8 Å². The van der Waals surface area contributed by atoms with Crippen molar-refractivity contribution in [3.05, 3.63) is 11.3 Å². The van der Waals surface area contributed by atoms with Crippen molar-refractivity contribution >= 4 is 18.0 Å². The predicted octanol–water partition coefficient (Wildman–Crippen LogP) is 2.37. The Morgan fingerprint density at radius 1 is 1.37 bits per heavy atom. The average molecular weight is 267 g/mol. The summed E-state index contributed by atoms with van der Waals surface area (Å²) >= 11 is 0. The molecule has 5 nitrogen and oxygen atoms in total. The third-order valence-electron chi connectivity index (χ3n) is 3.15. The normalized spacial score (nSPS) is 21.2. The van der Waals surface area contributed by atoms with Crippen LogP contribution in [0.3, 0.4) is 0 Å². The number of aliphatic carboxylic acids is 1. The van der Waals surface area contributed by atoms with Crippen LogP contribution in [0.25, 0.3) is 0 Å². The summed E-state index contributed by atoms with van der Waals surface area (Å²) in [5.41, 5.74) is -0.117. The molecule has 0 heterocycles. The number of aliphatic hydroxyl groups excluding tert-OH is 1. The van der Waals surface area contributed by atoms with Crippen LogP contribution < -0.4 is 0 Å². The Balaban J connectivity index is 2.98. The lowest BCUT2D eigenvalue weighted by molar-refractivity contribution is -0.139. The number of hydrogen-bond donors (Lipinski definition) is 2. The van der Waals surface area contributed by atoms with Crippen molar-refractivity contribution in [2.75, 3.05) is 0 Å². The van der Waals surface area contributed by atoms with Crippen LogP contribution in [0.1, 0.15) is 40.5 Å². The molecule has 2 N–H and O–H groups in total. The maximum absolute atomic E-state index is 11.9. The van der Waals surface area contributed by atoms with Gasteiger partial charge in [-0.2, -0.15) is 0 Å². The Morgan fingerprint density at radius 2 is 1.95 bits per heavy atom. The van der Waals surface area contributed by atoms with E-state index in [-0.39, 0.29) is 28.4 Å². The molecule has 106 valence electrons. The number of carbonyl (C=O) groups excluding carboxylic acids is 1. The summed E-state index contributed by atoms with van der Waals surface area (Å²) in [5, 5.41) is 18.9. The quantitative estimate of drug-likeness (QED) is 0.765. The number of ketones is 1. The van der Waals surface area contributed by atoms with Crippen molar-refractivity contribution in [1.82, 2.24) is 0 Å². The second kappa shape index (κ2) is 5.55. The van der Waals surface area contributed by atoms with E-state index in [0.717, 1.165) is 0 Å². The molecule has 0 aliphatic heterocycles. The van der Waals surface area contributed by atoms with Crippen molar-refractivity contribution in [3.8, 4) is 0 Å². The topological polar surface area (TPSA) is 87.0 Å². The molecule has 0 saturated carbocycles. The third kappa shape index (κ3) is 3.91. The van der Waals surface area contributed by atoms with E-state index < -0.39 is 12.0 Å². The summed E-state index contributed by atoms with van der Waals surface area (Å²) in [4.78, 5) is 26.9. The molecule has 0 spiro atoms. The number of allylic oxidation sites excluding steroid dienone is 2. The minimum atomic E-state index is -1.03. The first-order valence-electron chi connectivity index (χ1n) is 6.35. The molecular weight excluding hydrogens is 246 g/mol. The highest BCUT2D eigenvalue weighted by molar-refractivity contribution is 6.14. The molecule has 5 heteroatoms. The van der Waals surface area contributed by atoms with Gasteiger partial charge in [-0.3, -0.25) is 9.79 Å². The van der Waals surface area contributed by atoms with Gasteiger partial charge >= 0.3 is 5.97 Å². The van der Waals surface area contributed by atoms with Gasteiger partial charge in [0.1, 0.15) is 11.8 Å². The summed E-state index contributed by atoms with van der Waals surface area (Å²) in [7, 11) is 0. The molecule has 0 saturated heterocycles. The summed E-state index contributed by atoms with van der Waals surface area (Å²) < 4.78 is 0. The second-order valence-electron chi connectivity index (χ2n) is 6.11. The first kappa shape index (κ1) is 15.4. The minimum Gasteiger partial charge on any atom is -0.511 e. The van der Waals surface area contributed by atoms with E-state index in [0.29, 0.717) is 12.8 Å². The van der Waals surface area contributed by atoms with Crippen LogP contribution in [0.5, 0.6) is 0 Å². The number of rotatable bonds is 4. The van der Waals surface area contributed by atoms with Gasteiger partial charge in [0.25, 0.3) is 0 Å². The minimum absolute atomic E-state index is 0.00195. The van der Waals surface area contributed by atoms with Crippen molar-refractivity contribution in [1.29, 1.82) is 0 Å². The fraction of sp³-hybridized carbons (Fsp3) is 0.643. The monoisotopic (exact) mass is 267 g/mol. The highest BCUT2D eigenvalue weighted by Gasteiger charge is 2.32. The zero-order valence-corrected chi connectivity index (χ0v) is 11.8. The molecule has 0 aromatic heterocycles. The molecule has 0 unspecified atom stereocenters. The number of nitrogens with zero attached hydrogens (tertiary/aromatic N) is 1. The van der Waals surface area contributed by atoms with Crippen LogP contribution in [0.2, 0.25) is 0 Å². The molecule has 1 aliphatic carbocycles. The number of carboxylic acid groups (broad SMARTS) is 1. The molecule has 0 aromatic carbocycles. The van der Waals surface area contributed by atoms with E-state index >= 15 is 0 Å². The molecule has 1 rings (SSSR count). The van der Waals surface area contributed by atoms with Gasteiger partial charge in [-0.05, 0) is 11.3 Å². The van der Waals surface area contributed by atoms with E-state index in [1.165, 1.54) is 6.21 Å². The first-order valence-corrected chi connectivity index (χ1v) is 6.35. The second-order valence-corrected chi connectivity index (χ2v) is 6.11. The molecule has 0 bridgehead atoms. The summed E-state index contributed by atoms with van der Waals surface area (Å²) in [5.74, 6) is -1.40. The zero-order chi connectivity index (χ0) is 14.8. The van der Waals surface area contributed by atoms with Gasteiger partial charge in [0, 0.05) is 19.1 Å². The van der Waals surface area contributed by atoms with Crippen LogP contribution in [0.15, 0.2) is 16.3 Å². The number of aliphatic hydroxyl groups is 1. The Bertz CT molecular complexity index is 446. The van der Waals surface area contributed by atoms with Gasteiger partial charge in [0.15, 0.2) is 5.78 Å². The largest absolute Gasteiger partial charge is 0.511 e. The SMILES string of the molecule is CC(C)[C@H](N=CC1=C(O)CC(C)(C)CC1=O)C(=O)O. The fourth-order valence-electron chi connectivity index (χ4n) is 2.12. The zero-order valence-electron chi connectivity index (χ0n) is 11.8. The van der Waals surface area contributed by atoms with Crippen LogP contribution in [-0.2, 0) is 9.59 Å². The smallest absolute Gasteiger partial charge is 0.328 e. The van der Waals surface area contributed by atoms with Crippen molar-refractivity contribution in [2.24, 2.45) is 16.3 Å². The number of carboxylic acids is 1. The van der Waals surface area contributed by atoms with E-state index in [1.807, 2.05) is 13.8 Å². The summed E-state index contributed by atoms with van der Waals surface area (Å²) in [6.45, 7) is 7.30. The number of aliphatic imine (C=N–C) groups is 1. The Hall–Kier alpha value is -1.65. The number of hydrogen-bond acceptors (Lipinski definition) is 4. The predicted molar refractivity (Wildman–Crippen MR) is 72.4 cm³/mol. The van der Waals surface area contributed by atoms with Crippen LogP contribution >= 0.6 is 0 Å². The van der Waals surface area contributed by atoms with Crippen molar-refractivity contribution in [3.63, 3.8) is 0 Å². The standard InChI is InChI=1S/C14H21NO4/c1-8(2)12(13(18)19)15-7-9-10(16)5-14(3,4)6-11(9)17/h7-8,12,16H,5-6H2,1-4H3,(H,18,19)/t12-/m0/s1. The molecular formula is C14H21NO4. The molecule has 0 fully saturated rings. The molecule has 0 amide bonds. The lowest BCUT2D eigenvalue weighted by atomic mass is 9.77. The summed E-state index contributed by atoms with van der Waals surface area (Å²) in [6, 6.07) is -0.900. The van der Waals surface area contributed by atoms with Crippen molar-refractivity contribution in [2.45, 2.75) is 46.6 Å². The van der Waals surface area contributed by atoms with E-state index in [9.17, 15) is 14.7 Å². The highest BCUT2D eigenvalue weighted by atomic mass is 16.4. The number of Topliss-reactive ketones (excluding diaryl/α,β-unsaturated/α-hetero) is 1. The molecule has 0 radical (unpaired) electrons. The van der Waals surface area contributed by atoms with Gasteiger partial charge in [-0.25, -0.2) is 4.79 Å². The Kier molecular flexibility index (Phi) is 4.50. The molecule has 1 aliphatic rings. The van der Waals surface area contributed by atoms with E-state index in [4.69, 9.17) is 5.11 Å². The van der Waals surface area contributed by atoms with Gasteiger partial charge in [0.2, 0.25) is 0 Å². The average Bonchev–Trinajstić information content (AvgIpc) is 2.19. The lowest BCUT2D eigenvalue weighted by Gasteiger charge is -2.28. The summed E-state index contributed by atoms with van der Waals surface area (Å²) in [6.07, 6.45) is 1.95. The van der Waals surface area contributed by atoms with Crippen molar-refractivity contribution < 1.29 is 19.8 Å². The van der Waals surface area contributed by atoms with E-state index in [2.05, 4.69) is 4.99 Å². The fourth-order valence-corrected chi connectivity index (χ4v) is 2.12. The van der Waals surface area contributed by atoms with Gasteiger partial charge in [0.05, 0.1) is 5.57 Å². The number of carbonyl (C=O) groups is 2. The molecule has 0 aromatic rings. The van der Waals surface area contributed by atoms with Crippen LogP contribution in [0, 0.1) is 11.3 Å². The maximum Gasteiger partial charge on any atom is 0.328 e. The van der Waals surface area contributed by atoms with Gasteiger partial charge in [-0.15, -0.1) is 0 Å². The molecule has 19 heavy (non-hydrogen) atoms. The van der Waals surface area contributed by atoms with Gasteiger partial charge < -0.3 is 10.2 Å². The third-order valence-corrected chi connectivity index (χ3v) is 3.15. The maximum atomic E-state index is 11.9.